The molecule has 0 aliphatic heterocycles. The zero-order chi connectivity index (χ0) is 16.3. The van der Waals surface area contributed by atoms with E-state index in [0.29, 0.717) is 6.04 Å². The summed E-state index contributed by atoms with van der Waals surface area (Å²) in [6, 6.07) is 2.51. The van der Waals surface area contributed by atoms with Gasteiger partial charge < -0.3 is 20.3 Å². The van der Waals surface area contributed by atoms with Gasteiger partial charge in [0.05, 0.1) is 17.6 Å². The van der Waals surface area contributed by atoms with Crippen molar-refractivity contribution in [2.75, 3.05) is 24.3 Å². The number of aromatic nitrogens is 1. The lowest BCUT2D eigenvalue weighted by Crippen LogP contribution is -2.50. The lowest BCUT2D eigenvalue weighted by Gasteiger charge is -2.37. The topological polar surface area (TPSA) is 66.5 Å². The van der Waals surface area contributed by atoms with Gasteiger partial charge in [0.15, 0.2) is 0 Å². The number of anilines is 2. The summed E-state index contributed by atoms with van der Waals surface area (Å²) in [5, 5.41) is 6.38. The molecular formula is C16H26N4O2. The minimum Gasteiger partial charge on any atom is -0.444 e. The molecule has 1 aromatic rings. The normalized spacial score (nSPS) is 20.8. The Kier molecular flexibility index (Phi) is 4.78. The highest BCUT2D eigenvalue weighted by molar-refractivity contribution is 5.69. The number of amides is 1. The van der Waals surface area contributed by atoms with Crippen molar-refractivity contribution < 1.29 is 9.53 Å². The monoisotopic (exact) mass is 306 g/mol. The number of hydrogen-bond acceptors (Lipinski definition) is 5. The SMILES string of the molecule is CN(C)c1ccncc1NC1CC(NC(=O)OC(C)(C)C)C1. The van der Waals surface area contributed by atoms with Gasteiger partial charge in [0.1, 0.15) is 5.60 Å². The van der Waals surface area contributed by atoms with Crippen LogP contribution in [0.4, 0.5) is 16.2 Å². The summed E-state index contributed by atoms with van der Waals surface area (Å²) in [5.74, 6) is 0. The average molecular weight is 306 g/mol. The minimum atomic E-state index is -0.457. The quantitative estimate of drug-likeness (QED) is 0.895. The number of ether oxygens (including phenoxy) is 1. The van der Waals surface area contributed by atoms with Crippen molar-refractivity contribution in [1.29, 1.82) is 0 Å². The molecule has 0 spiro atoms. The van der Waals surface area contributed by atoms with Gasteiger partial charge in [-0.3, -0.25) is 4.98 Å². The van der Waals surface area contributed by atoms with Crippen LogP contribution in [0, 0.1) is 0 Å². The highest BCUT2D eigenvalue weighted by Gasteiger charge is 2.32. The number of alkyl carbamates (subject to hydrolysis) is 1. The van der Waals surface area contributed by atoms with Crippen LogP contribution in [0.1, 0.15) is 33.6 Å². The molecule has 1 heterocycles. The highest BCUT2D eigenvalue weighted by Crippen LogP contribution is 2.29. The Labute approximate surface area is 132 Å². The molecule has 22 heavy (non-hydrogen) atoms. The predicted molar refractivity (Wildman–Crippen MR) is 88.4 cm³/mol. The van der Waals surface area contributed by atoms with Crippen molar-refractivity contribution in [3.05, 3.63) is 18.5 Å². The Hall–Kier alpha value is -1.98. The molecule has 0 radical (unpaired) electrons. The molecule has 0 saturated heterocycles. The van der Waals surface area contributed by atoms with Gasteiger partial charge in [-0.05, 0) is 39.7 Å². The van der Waals surface area contributed by atoms with Gasteiger partial charge in [0.2, 0.25) is 0 Å². The first kappa shape index (κ1) is 16.4. The van der Waals surface area contributed by atoms with E-state index in [2.05, 4.69) is 20.5 Å². The van der Waals surface area contributed by atoms with Gasteiger partial charge in [-0.2, -0.15) is 0 Å². The first-order chi connectivity index (χ1) is 10.2. The van der Waals surface area contributed by atoms with E-state index in [9.17, 15) is 4.79 Å². The van der Waals surface area contributed by atoms with E-state index in [-0.39, 0.29) is 12.1 Å². The number of hydrogen-bond donors (Lipinski definition) is 2. The summed E-state index contributed by atoms with van der Waals surface area (Å²) in [5.41, 5.74) is 1.67. The van der Waals surface area contributed by atoms with Crippen LogP contribution in [0.25, 0.3) is 0 Å². The molecule has 2 rings (SSSR count). The second kappa shape index (κ2) is 6.42. The Balaban J connectivity index is 1.79. The fourth-order valence-corrected chi connectivity index (χ4v) is 2.44. The smallest absolute Gasteiger partial charge is 0.407 e. The Morgan fingerprint density at radius 2 is 2.00 bits per heavy atom. The third-order valence-corrected chi connectivity index (χ3v) is 3.50. The van der Waals surface area contributed by atoms with Gasteiger partial charge >= 0.3 is 6.09 Å². The zero-order valence-electron chi connectivity index (χ0n) is 14.0. The van der Waals surface area contributed by atoms with Crippen LogP contribution in [-0.2, 0) is 4.74 Å². The molecule has 122 valence electrons. The molecule has 0 aromatic carbocycles. The predicted octanol–water partition coefficient (Wildman–Crippen LogP) is 2.62. The molecule has 0 unspecified atom stereocenters. The van der Waals surface area contributed by atoms with E-state index in [0.717, 1.165) is 24.2 Å². The second-order valence-electron chi connectivity index (χ2n) is 6.94. The molecule has 1 fully saturated rings. The number of carbonyl (C=O) groups is 1. The largest absolute Gasteiger partial charge is 0.444 e. The van der Waals surface area contributed by atoms with Crippen molar-refractivity contribution >= 4 is 17.5 Å². The van der Waals surface area contributed by atoms with E-state index < -0.39 is 5.60 Å². The van der Waals surface area contributed by atoms with Crippen molar-refractivity contribution in [2.45, 2.75) is 51.3 Å². The van der Waals surface area contributed by atoms with Gasteiger partial charge in [-0.1, -0.05) is 0 Å². The molecule has 1 saturated carbocycles. The lowest BCUT2D eigenvalue weighted by molar-refractivity contribution is 0.0475. The summed E-state index contributed by atoms with van der Waals surface area (Å²) < 4.78 is 5.26. The van der Waals surface area contributed by atoms with Crippen LogP contribution in [0.5, 0.6) is 0 Å². The first-order valence-corrected chi connectivity index (χ1v) is 7.62. The summed E-state index contributed by atoms with van der Waals surface area (Å²) in [7, 11) is 4.02. The van der Waals surface area contributed by atoms with E-state index in [1.54, 1.807) is 6.20 Å². The molecule has 0 atom stereocenters. The molecule has 1 amide bonds. The van der Waals surface area contributed by atoms with Crippen LogP contribution < -0.4 is 15.5 Å². The lowest BCUT2D eigenvalue weighted by atomic mass is 9.86. The van der Waals surface area contributed by atoms with Gasteiger partial charge in [-0.25, -0.2) is 4.79 Å². The first-order valence-electron chi connectivity index (χ1n) is 7.62. The summed E-state index contributed by atoms with van der Waals surface area (Å²) >= 11 is 0. The van der Waals surface area contributed by atoms with Gasteiger partial charge in [-0.15, -0.1) is 0 Å². The molecule has 6 nitrogen and oxygen atoms in total. The molecule has 0 bridgehead atoms. The Morgan fingerprint density at radius 3 is 2.59 bits per heavy atom. The number of nitrogens with one attached hydrogen (secondary N) is 2. The third-order valence-electron chi connectivity index (χ3n) is 3.50. The maximum absolute atomic E-state index is 11.7. The highest BCUT2D eigenvalue weighted by atomic mass is 16.6. The molecule has 1 aliphatic carbocycles. The van der Waals surface area contributed by atoms with Crippen LogP contribution in [0.3, 0.4) is 0 Å². The summed E-state index contributed by atoms with van der Waals surface area (Å²) in [4.78, 5) is 17.9. The number of nitrogens with zero attached hydrogens (tertiary/aromatic N) is 2. The molecular weight excluding hydrogens is 280 g/mol. The third kappa shape index (κ3) is 4.51. The van der Waals surface area contributed by atoms with Crippen molar-refractivity contribution in [3.8, 4) is 0 Å². The van der Waals surface area contributed by atoms with E-state index in [1.807, 2.05) is 47.1 Å². The Morgan fingerprint density at radius 1 is 1.32 bits per heavy atom. The zero-order valence-corrected chi connectivity index (χ0v) is 14.0. The molecule has 1 aromatic heterocycles. The maximum atomic E-state index is 11.7. The number of pyridine rings is 1. The van der Waals surface area contributed by atoms with Crippen LogP contribution in [-0.4, -0.2) is 42.9 Å². The van der Waals surface area contributed by atoms with Crippen molar-refractivity contribution in [1.82, 2.24) is 10.3 Å². The van der Waals surface area contributed by atoms with Crippen molar-refractivity contribution in [2.24, 2.45) is 0 Å². The van der Waals surface area contributed by atoms with E-state index in [1.165, 1.54) is 0 Å². The maximum Gasteiger partial charge on any atom is 0.407 e. The van der Waals surface area contributed by atoms with Crippen LogP contribution in [0.15, 0.2) is 18.5 Å². The van der Waals surface area contributed by atoms with Crippen LogP contribution >= 0.6 is 0 Å². The fourth-order valence-electron chi connectivity index (χ4n) is 2.44. The molecule has 1 aliphatic rings. The standard InChI is InChI=1S/C16H26N4O2/c1-16(2,3)22-15(21)19-12-8-11(9-12)18-13-10-17-7-6-14(13)20(4)5/h6-7,10-12,18H,8-9H2,1-5H3,(H,19,21). The second-order valence-corrected chi connectivity index (χ2v) is 6.94. The number of rotatable bonds is 4. The van der Waals surface area contributed by atoms with Gasteiger partial charge in [0, 0.05) is 32.4 Å². The van der Waals surface area contributed by atoms with Crippen LogP contribution in [0.2, 0.25) is 0 Å². The van der Waals surface area contributed by atoms with E-state index in [4.69, 9.17) is 4.74 Å². The van der Waals surface area contributed by atoms with E-state index >= 15 is 0 Å². The molecule has 2 N–H and O–H groups in total. The number of carbonyl (C=O) groups excluding carboxylic acids is 1. The summed E-state index contributed by atoms with van der Waals surface area (Å²) in [6.07, 6.45) is 5.06. The molecule has 6 heteroatoms. The average Bonchev–Trinajstić information content (AvgIpc) is 2.34. The van der Waals surface area contributed by atoms with Crippen molar-refractivity contribution in [3.63, 3.8) is 0 Å². The fraction of sp³-hybridized carbons (Fsp3) is 0.625. The Bertz CT molecular complexity index is 519. The minimum absolute atomic E-state index is 0.173. The van der Waals surface area contributed by atoms with Gasteiger partial charge in [0.25, 0.3) is 0 Å². The summed E-state index contributed by atoms with van der Waals surface area (Å²) in [6.45, 7) is 5.59.